The van der Waals surface area contributed by atoms with Crippen molar-refractivity contribution in [2.24, 2.45) is 28.6 Å². The molecule has 6 nitrogen and oxygen atoms in total. The molecule has 0 amide bonds. The molecule has 0 radical (unpaired) electrons. The number of carbonyl (C=O) groups is 3. The first-order valence-electron chi connectivity index (χ1n) is 12.4. The number of hydrogen-bond acceptors (Lipinski definition) is 6. The lowest BCUT2D eigenvalue weighted by atomic mass is 9.44. The molecule has 3 fully saturated rings. The lowest BCUT2D eigenvalue weighted by molar-refractivity contribution is -0.242. The highest BCUT2D eigenvalue weighted by Gasteiger charge is 2.79. The number of esters is 2. The van der Waals surface area contributed by atoms with E-state index in [1.807, 2.05) is 0 Å². The SMILES string of the molecule is CC(=O)O[C@]1(C(=O)OC(C)(C)C)[C@H](C)C[C@H]2[C@@H]3C[C@H](F)C4=C(F)C(=O)C=C[C@]4(C)[C@@]3(F)[C@@H](O)C[C@@]21C. The van der Waals surface area contributed by atoms with Gasteiger partial charge in [-0.3, -0.25) is 9.59 Å². The Balaban J connectivity index is 1.89. The average Bonchev–Trinajstić information content (AvgIpc) is 2.94. The molecular formula is C27H35F3O6. The topological polar surface area (TPSA) is 89.9 Å². The monoisotopic (exact) mass is 512 g/mol. The Morgan fingerprint density at radius 1 is 1.17 bits per heavy atom. The maximum absolute atomic E-state index is 17.3. The van der Waals surface area contributed by atoms with Crippen LogP contribution in [0.25, 0.3) is 0 Å². The molecule has 0 bridgehead atoms. The smallest absolute Gasteiger partial charge is 0.352 e. The predicted octanol–water partition coefficient (Wildman–Crippen LogP) is 4.49. The fourth-order valence-electron chi connectivity index (χ4n) is 7.89. The lowest BCUT2D eigenvalue weighted by Gasteiger charge is -2.63. The van der Waals surface area contributed by atoms with Gasteiger partial charge in [-0.25, -0.2) is 18.0 Å². The van der Waals surface area contributed by atoms with Crippen LogP contribution in [-0.4, -0.2) is 52.0 Å². The molecule has 0 spiro atoms. The third-order valence-electron chi connectivity index (χ3n) is 9.25. The minimum absolute atomic E-state index is 0.194. The van der Waals surface area contributed by atoms with Gasteiger partial charge >= 0.3 is 11.9 Å². The summed E-state index contributed by atoms with van der Waals surface area (Å²) < 4.78 is 59.3. The molecule has 36 heavy (non-hydrogen) atoms. The number of ketones is 1. The van der Waals surface area contributed by atoms with E-state index in [1.165, 1.54) is 6.92 Å². The number of rotatable bonds is 2. The van der Waals surface area contributed by atoms with Crippen LogP contribution in [0.2, 0.25) is 0 Å². The highest BCUT2D eigenvalue weighted by Crippen LogP contribution is 2.72. The van der Waals surface area contributed by atoms with Crippen molar-refractivity contribution in [2.45, 2.75) is 96.9 Å². The van der Waals surface area contributed by atoms with E-state index in [-0.39, 0.29) is 12.8 Å². The molecule has 0 aromatic heterocycles. The first-order chi connectivity index (χ1) is 16.4. The first-order valence-corrected chi connectivity index (χ1v) is 12.4. The third kappa shape index (κ3) is 3.23. The van der Waals surface area contributed by atoms with Crippen molar-refractivity contribution in [2.75, 3.05) is 0 Å². The minimum Gasteiger partial charge on any atom is -0.457 e. The molecule has 3 saturated carbocycles. The molecule has 9 atom stereocenters. The highest BCUT2D eigenvalue weighted by molar-refractivity contribution is 6.04. The Hall–Kier alpha value is -2.16. The van der Waals surface area contributed by atoms with Crippen LogP contribution < -0.4 is 0 Å². The number of ether oxygens (including phenoxy) is 2. The molecule has 9 heteroatoms. The first kappa shape index (κ1) is 26.9. The normalized spacial score (nSPS) is 46.1. The van der Waals surface area contributed by atoms with Crippen molar-refractivity contribution in [3.63, 3.8) is 0 Å². The van der Waals surface area contributed by atoms with E-state index in [0.717, 1.165) is 19.1 Å². The van der Waals surface area contributed by atoms with Crippen molar-refractivity contribution in [3.05, 3.63) is 23.6 Å². The van der Waals surface area contributed by atoms with Crippen molar-refractivity contribution in [1.29, 1.82) is 0 Å². The summed E-state index contributed by atoms with van der Waals surface area (Å²) in [5.74, 6) is -6.39. The minimum atomic E-state index is -2.52. The van der Waals surface area contributed by atoms with Crippen molar-refractivity contribution >= 4 is 17.7 Å². The van der Waals surface area contributed by atoms with Crippen LogP contribution in [0.15, 0.2) is 23.6 Å². The van der Waals surface area contributed by atoms with E-state index in [4.69, 9.17) is 9.47 Å². The summed E-state index contributed by atoms with van der Waals surface area (Å²) in [6.07, 6.45) is -2.30. The van der Waals surface area contributed by atoms with E-state index >= 15 is 8.78 Å². The molecule has 0 unspecified atom stereocenters. The molecule has 4 aliphatic carbocycles. The zero-order valence-electron chi connectivity index (χ0n) is 21.8. The maximum Gasteiger partial charge on any atom is 0.352 e. The molecule has 0 aliphatic heterocycles. The maximum atomic E-state index is 17.3. The number of aliphatic hydroxyl groups excluding tert-OH is 1. The number of alkyl halides is 2. The fraction of sp³-hybridized carbons (Fsp3) is 0.741. The van der Waals surface area contributed by atoms with Crippen LogP contribution in [0.1, 0.15) is 67.7 Å². The van der Waals surface area contributed by atoms with E-state index in [2.05, 4.69) is 0 Å². The molecule has 0 heterocycles. The Morgan fingerprint density at radius 3 is 2.33 bits per heavy atom. The number of hydrogen-bond donors (Lipinski definition) is 1. The van der Waals surface area contributed by atoms with Gasteiger partial charge in [0.15, 0.2) is 11.5 Å². The van der Waals surface area contributed by atoms with E-state index in [0.29, 0.717) is 0 Å². The predicted molar refractivity (Wildman–Crippen MR) is 124 cm³/mol. The van der Waals surface area contributed by atoms with Crippen molar-refractivity contribution < 1.29 is 42.1 Å². The quantitative estimate of drug-likeness (QED) is 0.549. The molecular weight excluding hydrogens is 477 g/mol. The summed E-state index contributed by atoms with van der Waals surface area (Å²) in [4.78, 5) is 38.0. The number of allylic oxidation sites excluding steroid dienone is 4. The highest BCUT2D eigenvalue weighted by atomic mass is 19.2. The summed E-state index contributed by atoms with van der Waals surface area (Å²) in [5.41, 5.74) is -9.08. The van der Waals surface area contributed by atoms with Crippen LogP contribution in [0.4, 0.5) is 13.2 Å². The summed E-state index contributed by atoms with van der Waals surface area (Å²) in [7, 11) is 0. The van der Waals surface area contributed by atoms with E-state index in [1.54, 1.807) is 34.6 Å². The van der Waals surface area contributed by atoms with Crippen LogP contribution >= 0.6 is 0 Å². The van der Waals surface area contributed by atoms with Gasteiger partial charge in [-0.15, -0.1) is 0 Å². The van der Waals surface area contributed by atoms with E-state index < -0.39 is 93.3 Å². The van der Waals surface area contributed by atoms with Crippen LogP contribution in [0.3, 0.4) is 0 Å². The Bertz CT molecular complexity index is 1080. The van der Waals surface area contributed by atoms with Gasteiger partial charge in [-0.1, -0.05) is 19.9 Å². The Morgan fingerprint density at radius 2 is 1.78 bits per heavy atom. The fourth-order valence-corrected chi connectivity index (χ4v) is 7.89. The van der Waals surface area contributed by atoms with Crippen molar-refractivity contribution in [1.82, 2.24) is 0 Å². The average molecular weight is 513 g/mol. The standard InChI is InChI=1S/C27H35F3O6/c1-13-10-15-16-11-17(28)20-21(29)18(32)8-9-24(20,6)26(16,30)19(33)12-25(15,7)27(13,35-14(2)31)22(34)36-23(3,4)5/h8-9,13,15-17,19,33H,10-12H2,1-7H3/t13-,15+,16+,17+,19+,24+,25+,26+,27+/m1/s1. The third-order valence-corrected chi connectivity index (χ3v) is 9.25. The zero-order chi connectivity index (χ0) is 27.2. The molecule has 200 valence electrons. The van der Waals surface area contributed by atoms with Crippen LogP contribution in [-0.2, 0) is 23.9 Å². The van der Waals surface area contributed by atoms with Gasteiger partial charge < -0.3 is 14.6 Å². The number of aliphatic hydroxyl groups is 1. The van der Waals surface area contributed by atoms with Gasteiger partial charge in [0.05, 0.1) is 6.10 Å². The second-order valence-electron chi connectivity index (χ2n) is 12.4. The van der Waals surface area contributed by atoms with Crippen LogP contribution in [0, 0.1) is 28.6 Å². The van der Waals surface area contributed by atoms with Crippen LogP contribution in [0.5, 0.6) is 0 Å². The van der Waals surface area contributed by atoms with Gasteiger partial charge in [-0.2, -0.15) is 0 Å². The summed E-state index contributed by atoms with van der Waals surface area (Å²) in [5, 5.41) is 11.4. The molecule has 0 saturated heterocycles. The summed E-state index contributed by atoms with van der Waals surface area (Å²) >= 11 is 0. The number of carbonyl (C=O) groups excluding carboxylic acids is 3. The van der Waals surface area contributed by atoms with Gasteiger partial charge in [0.1, 0.15) is 11.8 Å². The number of halogens is 3. The summed E-state index contributed by atoms with van der Waals surface area (Å²) in [6.45, 7) is 10.8. The van der Waals surface area contributed by atoms with Gasteiger partial charge in [-0.05, 0) is 59.0 Å². The molecule has 0 aromatic carbocycles. The van der Waals surface area contributed by atoms with Crippen molar-refractivity contribution in [3.8, 4) is 0 Å². The van der Waals surface area contributed by atoms with E-state index in [9.17, 15) is 23.9 Å². The second kappa shape index (κ2) is 7.92. The largest absolute Gasteiger partial charge is 0.457 e. The van der Waals surface area contributed by atoms with Gasteiger partial charge in [0.25, 0.3) is 0 Å². The zero-order valence-corrected chi connectivity index (χ0v) is 21.8. The molecule has 0 aromatic rings. The number of fused-ring (bicyclic) bond motifs is 5. The molecule has 4 rings (SSSR count). The summed E-state index contributed by atoms with van der Waals surface area (Å²) in [6, 6.07) is 0. The Labute approximate surface area is 209 Å². The van der Waals surface area contributed by atoms with Gasteiger partial charge in [0, 0.05) is 35.2 Å². The lowest BCUT2D eigenvalue weighted by Crippen LogP contribution is -2.71. The van der Waals surface area contributed by atoms with Gasteiger partial charge in [0.2, 0.25) is 11.4 Å². The second-order valence-corrected chi connectivity index (χ2v) is 12.4. The Kier molecular flexibility index (Phi) is 5.92. The molecule has 4 aliphatic rings. The molecule has 1 N–H and O–H groups in total.